The normalized spacial score (nSPS) is 17.7. The quantitative estimate of drug-likeness (QED) is 0.630. The van der Waals surface area contributed by atoms with Crippen LogP contribution in [0, 0.1) is 5.82 Å². The Morgan fingerprint density at radius 3 is 2.50 bits per heavy atom. The van der Waals surface area contributed by atoms with Gasteiger partial charge in [-0.15, -0.1) is 0 Å². The van der Waals surface area contributed by atoms with E-state index in [2.05, 4.69) is 59.0 Å². The fourth-order valence-corrected chi connectivity index (χ4v) is 4.13. The molecule has 0 spiro atoms. The van der Waals surface area contributed by atoms with Crippen LogP contribution in [0.25, 0.3) is 0 Å². The van der Waals surface area contributed by atoms with Crippen LogP contribution in [0.4, 0.5) is 4.39 Å². The van der Waals surface area contributed by atoms with Crippen LogP contribution in [0.2, 0.25) is 0 Å². The van der Waals surface area contributed by atoms with Gasteiger partial charge in [0.25, 0.3) is 0 Å². The zero-order valence-corrected chi connectivity index (χ0v) is 15.2. The van der Waals surface area contributed by atoms with Crippen LogP contribution in [-0.4, -0.2) is 16.0 Å². The van der Waals surface area contributed by atoms with Crippen LogP contribution in [0.5, 0.6) is 0 Å². The fourth-order valence-electron chi connectivity index (χ4n) is 4.13. The summed E-state index contributed by atoms with van der Waals surface area (Å²) in [5.41, 5.74) is 4.78. The van der Waals surface area contributed by atoms with Crippen molar-refractivity contribution in [1.82, 2.24) is 9.47 Å². The molecular weight excluding hydrogens is 323 g/mol. The number of rotatable bonds is 4. The lowest BCUT2D eigenvalue weighted by atomic mass is 9.94. The van der Waals surface area contributed by atoms with E-state index in [-0.39, 0.29) is 11.9 Å². The summed E-state index contributed by atoms with van der Waals surface area (Å²) in [6.07, 6.45) is 4.24. The summed E-state index contributed by atoms with van der Waals surface area (Å²) < 4.78 is 16.7. The molecule has 0 bridgehead atoms. The van der Waals surface area contributed by atoms with Gasteiger partial charge in [-0.1, -0.05) is 49.4 Å². The van der Waals surface area contributed by atoms with Crippen molar-refractivity contribution in [1.29, 1.82) is 0 Å². The van der Waals surface area contributed by atoms with Crippen molar-refractivity contribution in [3.8, 4) is 0 Å². The molecule has 3 aromatic rings. The fraction of sp³-hybridized carbons (Fsp3) is 0.304. The van der Waals surface area contributed by atoms with Gasteiger partial charge in [0.15, 0.2) is 0 Å². The van der Waals surface area contributed by atoms with E-state index in [4.69, 9.17) is 0 Å². The van der Waals surface area contributed by atoms with Crippen LogP contribution in [0.15, 0.2) is 66.9 Å². The minimum Gasteiger partial charge on any atom is -0.350 e. The first kappa shape index (κ1) is 17.0. The SMILES string of the molecule is CCc1ccccc1C1c2cccn2CCCN1Cc1ccccc1F. The molecule has 2 heterocycles. The summed E-state index contributed by atoms with van der Waals surface area (Å²) in [6, 6.07) is 20.3. The average Bonchev–Trinajstić information content (AvgIpc) is 3.05. The second-order valence-electron chi connectivity index (χ2n) is 7.00. The lowest BCUT2D eigenvalue weighted by Crippen LogP contribution is -2.30. The van der Waals surface area contributed by atoms with E-state index in [0.29, 0.717) is 6.54 Å². The molecule has 2 aromatic carbocycles. The predicted octanol–water partition coefficient (Wildman–Crippen LogP) is 5.18. The zero-order chi connectivity index (χ0) is 17.9. The van der Waals surface area contributed by atoms with Gasteiger partial charge in [-0.25, -0.2) is 4.39 Å². The Morgan fingerprint density at radius 1 is 0.923 bits per heavy atom. The minimum atomic E-state index is -0.116. The first-order valence-corrected chi connectivity index (χ1v) is 9.48. The Labute approximate surface area is 154 Å². The smallest absolute Gasteiger partial charge is 0.127 e. The third-order valence-electron chi connectivity index (χ3n) is 5.42. The molecule has 1 aliphatic rings. The van der Waals surface area contributed by atoms with E-state index in [0.717, 1.165) is 31.5 Å². The molecule has 0 saturated carbocycles. The molecule has 1 aliphatic heterocycles. The van der Waals surface area contributed by atoms with Crippen LogP contribution in [-0.2, 0) is 19.5 Å². The van der Waals surface area contributed by atoms with Gasteiger partial charge in [-0.2, -0.15) is 0 Å². The van der Waals surface area contributed by atoms with Gasteiger partial charge in [0, 0.05) is 37.1 Å². The van der Waals surface area contributed by atoms with E-state index < -0.39 is 0 Å². The van der Waals surface area contributed by atoms with Crippen LogP contribution < -0.4 is 0 Å². The summed E-state index contributed by atoms with van der Waals surface area (Å²) in [7, 11) is 0. The number of halogens is 1. The number of hydrogen-bond acceptors (Lipinski definition) is 1. The monoisotopic (exact) mass is 348 g/mol. The summed E-state index contributed by atoms with van der Waals surface area (Å²) in [5, 5.41) is 0. The van der Waals surface area contributed by atoms with Crippen molar-refractivity contribution < 1.29 is 4.39 Å². The van der Waals surface area contributed by atoms with E-state index in [1.165, 1.54) is 16.8 Å². The summed E-state index contributed by atoms with van der Waals surface area (Å²) in [5.74, 6) is -0.116. The summed E-state index contributed by atoms with van der Waals surface area (Å²) >= 11 is 0. The van der Waals surface area contributed by atoms with Gasteiger partial charge < -0.3 is 4.57 Å². The Kier molecular flexibility index (Phi) is 4.89. The number of benzene rings is 2. The van der Waals surface area contributed by atoms with Gasteiger partial charge in [-0.05, 0) is 42.2 Å². The highest BCUT2D eigenvalue weighted by molar-refractivity contribution is 5.36. The van der Waals surface area contributed by atoms with Crippen molar-refractivity contribution in [2.75, 3.05) is 6.54 Å². The Morgan fingerprint density at radius 2 is 1.69 bits per heavy atom. The van der Waals surface area contributed by atoms with Gasteiger partial charge in [0.05, 0.1) is 6.04 Å². The Bertz CT molecular complexity index is 883. The Hall–Kier alpha value is -2.39. The van der Waals surface area contributed by atoms with Crippen molar-refractivity contribution in [2.24, 2.45) is 0 Å². The molecule has 26 heavy (non-hydrogen) atoms. The standard InChI is InChI=1S/C23H25FN2/c1-2-18-9-3-5-11-20(18)23-22-13-7-14-25(22)15-8-16-26(23)17-19-10-4-6-12-21(19)24/h3-7,9-14,23H,2,8,15-17H2,1H3. The molecule has 0 saturated heterocycles. The maximum atomic E-state index is 14.3. The number of hydrogen-bond donors (Lipinski definition) is 0. The van der Waals surface area contributed by atoms with Crippen molar-refractivity contribution >= 4 is 0 Å². The zero-order valence-electron chi connectivity index (χ0n) is 15.2. The number of aromatic nitrogens is 1. The predicted molar refractivity (Wildman–Crippen MR) is 104 cm³/mol. The van der Waals surface area contributed by atoms with Crippen molar-refractivity contribution in [2.45, 2.75) is 38.9 Å². The second kappa shape index (κ2) is 7.46. The first-order valence-electron chi connectivity index (χ1n) is 9.48. The van der Waals surface area contributed by atoms with Crippen LogP contribution >= 0.6 is 0 Å². The lowest BCUT2D eigenvalue weighted by molar-refractivity contribution is 0.216. The molecule has 1 atom stereocenters. The van der Waals surface area contributed by atoms with E-state index >= 15 is 0 Å². The molecule has 4 rings (SSSR count). The van der Waals surface area contributed by atoms with Crippen molar-refractivity contribution in [3.63, 3.8) is 0 Å². The molecule has 0 fully saturated rings. The highest BCUT2D eigenvalue weighted by atomic mass is 19.1. The van der Waals surface area contributed by atoms with E-state index in [1.54, 1.807) is 12.1 Å². The molecule has 0 aliphatic carbocycles. The second-order valence-corrected chi connectivity index (χ2v) is 7.00. The highest BCUT2D eigenvalue weighted by Gasteiger charge is 2.29. The largest absolute Gasteiger partial charge is 0.350 e. The molecule has 1 aromatic heterocycles. The number of nitrogens with zero attached hydrogens (tertiary/aromatic N) is 2. The van der Waals surface area contributed by atoms with Gasteiger partial charge >= 0.3 is 0 Å². The van der Waals surface area contributed by atoms with Crippen LogP contribution in [0.1, 0.15) is 41.8 Å². The molecule has 134 valence electrons. The lowest BCUT2D eigenvalue weighted by Gasteiger charge is -2.32. The summed E-state index contributed by atoms with van der Waals surface area (Å²) in [4.78, 5) is 2.44. The van der Waals surface area contributed by atoms with Gasteiger partial charge in [0.2, 0.25) is 0 Å². The van der Waals surface area contributed by atoms with E-state index in [9.17, 15) is 4.39 Å². The number of aryl methyl sites for hydroxylation is 2. The molecule has 0 radical (unpaired) electrons. The molecule has 2 nitrogen and oxygen atoms in total. The third kappa shape index (κ3) is 3.19. The third-order valence-corrected chi connectivity index (χ3v) is 5.42. The molecule has 0 amide bonds. The van der Waals surface area contributed by atoms with Gasteiger partial charge in [-0.3, -0.25) is 4.90 Å². The Balaban J connectivity index is 1.80. The molecule has 3 heteroatoms. The average molecular weight is 348 g/mol. The minimum absolute atomic E-state index is 0.116. The van der Waals surface area contributed by atoms with Gasteiger partial charge in [0.1, 0.15) is 5.82 Å². The maximum absolute atomic E-state index is 14.3. The molecular formula is C23H25FN2. The molecule has 1 unspecified atom stereocenters. The summed E-state index contributed by atoms with van der Waals surface area (Å²) in [6.45, 7) is 4.80. The van der Waals surface area contributed by atoms with Crippen LogP contribution in [0.3, 0.4) is 0 Å². The highest BCUT2D eigenvalue weighted by Crippen LogP contribution is 2.35. The number of fused-ring (bicyclic) bond motifs is 1. The van der Waals surface area contributed by atoms with Crippen molar-refractivity contribution in [3.05, 3.63) is 95.1 Å². The maximum Gasteiger partial charge on any atom is 0.127 e. The van der Waals surface area contributed by atoms with E-state index in [1.807, 2.05) is 12.1 Å². The molecule has 0 N–H and O–H groups in total. The first-order chi connectivity index (χ1) is 12.8. The topological polar surface area (TPSA) is 8.17 Å².